The Hall–Kier alpha value is -2.19. The van der Waals surface area contributed by atoms with Crippen molar-refractivity contribution in [2.75, 3.05) is 19.7 Å². The predicted molar refractivity (Wildman–Crippen MR) is 143 cm³/mol. The minimum absolute atomic E-state index is 0. The van der Waals surface area contributed by atoms with Gasteiger partial charge in [0.1, 0.15) is 0 Å². The van der Waals surface area contributed by atoms with Crippen LogP contribution in [0.15, 0.2) is 65.8 Å². The van der Waals surface area contributed by atoms with E-state index in [-0.39, 0.29) is 30.1 Å². The van der Waals surface area contributed by atoms with Crippen LogP contribution in [0.2, 0.25) is 0 Å². The summed E-state index contributed by atoms with van der Waals surface area (Å²) in [4.78, 5) is 9.39. The van der Waals surface area contributed by atoms with E-state index >= 15 is 0 Å². The molecule has 0 saturated carbocycles. The van der Waals surface area contributed by atoms with Crippen molar-refractivity contribution in [3.05, 3.63) is 77.5 Å². The maximum Gasteiger partial charge on any atom is 0.191 e. The molecule has 32 heavy (non-hydrogen) atoms. The van der Waals surface area contributed by atoms with Gasteiger partial charge in [0.2, 0.25) is 0 Å². The lowest BCUT2D eigenvalue weighted by Gasteiger charge is -2.32. The molecule has 3 aromatic rings. The van der Waals surface area contributed by atoms with Crippen LogP contribution in [0.1, 0.15) is 42.6 Å². The van der Waals surface area contributed by atoms with E-state index in [0.29, 0.717) is 12.5 Å². The highest BCUT2D eigenvalue weighted by Gasteiger charge is 2.27. The fraction of sp³-hybridized carbons (Fsp3) is 0.385. The molecule has 1 aliphatic heterocycles. The second kappa shape index (κ2) is 12.2. The largest absolute Gasteiger partial charge is 0.373 e. The van der Waals surface area contributed by atoms with Crippen LogP contribution in [-0.4, -0.2) is 30.6 Å². The van der Waals surface area contributed by atoms with Gasteiger partial charge in [-0.15, -0.1) is 24.0 Å². The number of hydrogen-bond acceptors (Lipinski definition) is 3. The zero-order chi connectivity index (χ0) is 21.5. The van der Waals surface area contributed by atoms with Gasteiger partial charge in [-0.05, 0) is 43.9 Å². The Morgan fingerprint density at radius 1 is 1.09 bits per heavy atom. The Morgan fingerprint density at radius 3 is 2.72 bits per heavy atom. The topological polar surface area (TPSA) is 58.5 Å². The molecule has 2 atom stereocenters. The smallest absolute Gasteiger partial charge is 0.191 e. The Morgan fingerprint density at radius 2 is 1.91 bits per heavy atom. The molecular formula is C26H33IN4O. The molecule has 2 unspecified atom stereocenters. The van der Waals surface area contributed by atoms with Crippen LogP contribution in [-0.2, 0) is 11.3 Å². The highest BCUT2D eigenvalue weighted by atomic mass is 127. The van der Waals surface area contributed by atoms with Crippen LogP contribution < -0.4 is 10.6 Å². The third kappa shape index (κ3) is 6.19. The Kier molecular flexibility index (Phi) is 9.29. The molecule has 1 aromatic heterocycles. The quantitative estimate of drug-likeness (QED) is 0.249. The molecule has 2 aromatic carbocycles. The van der Waals surface area contributed by atoms with Gasteiger partial charge in [0.05, 0.1) is 18.2 Å². The van der Waals surface area contributed by atoms with Crippen molar-refractivity contribution < 1.29 is 4.74 Å². The number of halogens is 1. The summed E-state index contributed by atoms with van der Waals surface area (Å²) in [5.41, 5.74) is 4.69. The molecule has 1 saturated heterocycles. The van der Waals surface area contributed by atoms with Crippen LogP contribution in [0.5, 0.6) is 0 Å². The van der Waals surface area contributed by atoms with E-state index in [9.17, 15) is 0 Å². The molecule has 4 rings (SSSR count). The first-order chi connectivity index (χ1) is 15.2. The number of pyridine rings is 1. The van der Waals surface area contributed by atoms with Crippen molar-refractivity contribution in [1.29, 1.82) is 0 Å². The average molecular weight is 544 g/mol. The molecule has 0 aliphatic carbocycles. The lowest BCUT2D eigenvalue weighted by molar-refractivity contribution is -0.0265. The highest BCUT2D eigenvalue weighted by Crippen LogP contribution is 2.33. The van der Waals surface area contributed by atoms with Crippen molar-refractivity contribution in [3.8, 4) is 0 Å². The molecule has 2 heterocycles. The normalized spacial score (nSPS) is 18.8. The van der Waals surface area contributed by atoms with E-state index in [1.54, 1.807) is 0 Å². The van der Waals surface area contributed by atoms with Crippen molar-refractivity contribution in [1.82, 2.24) is 15.6 Å². The molecule has 0 amide bonds. The number of ether oxygens (including phenoxy) is 1. The number of benzene rings is 2. The molecular weight excluding hydrogens is 511 g/mol. The molecule has 0 radical (unpaired) electrons. The molecule has 0 spiro atoms. The lowest BCUT2D eigenvalue weighted by atomic mass is 9.89. The summed E-state index contributed by atoms with van der Waals surface area (Å²) in [5.74, 6) is 1.25. The van der Waals surface area contributed by atoms with Crippen LogP contribution in [0.3, 0.4) is 0 Å². The molecule has 5 nitrogen and oxygen atoms in total. The molecule has 170 valence electrons. The van der Waals surface area contributed by atoms with Crippen molar-refractivity contribution in [3.63, 3.8) is 0 Å². The first-order valence-electron chi connectivity index (χ1n) is 11.3. The van der Waals surface area contributed by atoms with Crippen molar-refractivity contribution in [2.24, 2.45) is 10.9 Å². The van der Waals surface area contributed by atoms with Gasteiger partial charge in [-0.25, -0.2) is 4.99 Å². The number of aryl methyl sites for hydroxylation is 1. The summed E-state index contributed by atoms with van der Waals surface area (Å²) in [6, 6.07) is 19.1. The fourth-order valence-electron chi connectivity index (χ4n) is 4.21. The number of nitrogens with zero attached hydrogens (tertiary/aromatic N) is 2. The molecule has 0 bridgehead atoms. The van der Waals surface area contributed by atoms with E-state index in [4.69, 9.17) is 9.73 Å². The summed E-state index contributed by atoms with van der Waals surface area (Å²) in [6.07, 6.45) is 4.22. The van der Waals surface area contributed by atoms with E-state index in [1.807, 2.05) is 12.3 Å². The molecule has 6 heteroatoms. The number of para-hydroxylation sites is 1. The van der Waals surface area contributed by atoms with Gasteiger partial charge in [-0.3, -0.25) is 4.98 Å². The fourth-order valence-corrected chi connectivity index (χ4v) is 4.21. The number of aromatic nitrogens is 1. The zero-order valence-corrected chi connectivity index (χ0v) is 21.2. The minimum Gasteiger partial charge on any atom is -0.373 e. The second-order valence-corrected chi connectivity index (χ2v) is 8.17. The number of nitrogens with one attached hydrogen (secondary N) is 2. The number of guanidine groups is 1. The molecule has 1 fully saturated rings. The van der Waals surface area contributed by atoms with Crippen LogP contribution in [0.25, 0.3) is 10.9 Å². The molecule has 2 N–H and O–H groups in total. The van der Waals surface area contributed by atoms with E-state index in [2.05, 4.69) is 78.0 Å². The summed E-state index contributed by atoms with van der Waals surface area (Å²) in [7, 11) is 0. The maximum absolute atomic E-state index is 6.18. The Bertz CT molecular complexity index is 1020. The second-order valence-electron chi connectivity index (χ2n) is 8.17. The minimum atomic E-state index is 0. The Labute approximate surface area is 208 Å². The van der Waals surface area contributed by atoms with Gasteiger partial charge in [-0.1, -0.05) is 54.1 Å². The first kappa shape index (κ1) is 24.5. The van der Waals surface area contributed by atoms with Gasteiger partial charge in [-0.2, -0.15) is 0 Å². The number of hydrogen-bond donors (Lipinski definition) is 2. The highest BCUT2D eigenvalue weighted by molar-refractivity contribution is 14.0. The lowest BCUT2D eigenvalue weighted by Crippen LogP contribution is -2.42. The predicted octanol–water partition coefficient (Wildman–Crippen LogP) is 5.38. The van der Waals surface area contributed by atoms with Crippen LogP contribution in [0.4, 0.5) is 0 Å². The Balaban J connectivity index is 0.00000289. The molecule has 1 aliphatic rings. The number of rotatable bonds is 6. The van der Waals surface area contributed by atoms with E-state index in [1.165, 1.54) is 11.1 Å². The summed E-state index contributed by atoms with van der Waals surface area (Å²) >= 11 is 0. The first-order valence-corrected chi connectivity index (χ1v) is 11.3. The summed E-state index contributed by atoms with van der Waals surface area (Å²) in [5, 5.41) is 8.09. The number of fused-ring (bicyclic) bond motifs is 1. The van der Waals surface area contributed by atoms with E-state index in [0.717, 1.165) is 55.0 Å². The average Bonchev–Trinajstić information content (AvgIpc) is 2.81. The maximum atomic E-state index is 6.18. The summed E-state index contributed by atoms with van der Waals surface area (Å²) < 4.78 is 6.18. The van der Waals surface area contributed by atoms with Crippen molar-refractivity contribution >= 4 is 40.8 Å². The summed E-state index contributed by atoms with van der Waals surface area (Å²) in [6.45, 7) is 7.29. The van der Waals surface area contributed by atoms with Gasteiger partial charge < -0.3 is 15.4 Å². The third-order valence-corrected chi connectivity index (χ3v) is 5.85. The zero-order valence-electron chi connectivity index (χ0n) is 18.9. The van der Waals surface area contributed by atoms with Gasteiger partial charge in [0.25, 0.3) is 0 Å². The van der Waals surface area contributed by atoms with Crippen molar-refractivity contribution in [2.45, 2.75) is 39.3 Å². The van der Waals surface area contributed by atoms with Gasteiger partial charge in [0.15, 0.2) is 5.96 Å². The van der Waals surface area contributed by atoms with E-state index < -0.39 is 0 Å². The van der Waals surface area contributed by atoms with Crippen LogP contribution >= 0.6 is 24.0 Å². The van der Waals surface area contributed by atoms with Gasteiger partial charge >= 0.3 is 0 Å². The van der Waals surface area contributed by atoms with Gasteiger partial charge in [0, 0.05) is 37.2 Å². The third-order valence-electron chi connectivity index (χ3n) is 5.85. The number of aliphatic imine (C=N–C) groups is 1. The SMILES string of the molecule is CCNC(=NCc1cccc2cccnc12)NCC1CCCOC1c1ccc(C)cc1.I. The standard InChI is InChI=1S/C26H32N4O.HI/c1-3-27-26(29-17-22-8-4-7-20-9-5-15-28-24(20)22)30-18-23-10-6-16-31-25(23)21-13-11-19(2)12-14-21;/h4-5,7-9,11-15,23,25H,3,6,10,16-18H2,1-2H3,(H2,27,29,30);1H. The van der Waals surface area contributed by atoms with Crippen LogP contribution in [0, 0.1) is 12.8 Å². The monoisotopic (exact) mass is 544 g/mol.